The maximum absolute atomic E-state index is 14.1. The second kappa shape index (κ2) is 11.1. The van der Waals surface area contributed by atoms with E-state index in [1.807, 2.05) is 0 Å². The number of hydrogen-bond donors (Lipinski definition) is 1. The third kappa shape index (κ3) is 5.91. The van der Waals surface area contributed by atoms with Gasteiger partial charge in [0.25, 0.3) is 5.91 Å². The quantitative estimate of drug-likeness (QED) is 0.281. The normalized spacial score (nSPS) is 18.7. The second-order valence-corrected chi connectivity index (χ2v) is 10.6. The van der Waals surface area contributed by atoms with Gasteiger partial charge in [-0.05, 0) is 73.0 Å². The minimum absolute atomic E-state index is 0.0500. The van der Waals surface area contributed by atoms with E-state index in [0.29, 0.717) is 35.7 Å². The van der Waals surface area contributed by atoms with Gasteiger partial charge in [-0.15, -0.1) is 0 Å². The maximum atomic E-state index is 14.1. The number of amides is 1. The highest BCUT2D eigenvalue weighted by atomic mass is 19.4. The zero-order chi connectivity index (χ0) is 29.4. The lowest BCUT2D eigenvalue weighted by atomic mass is 10.0. The van der Waals surface area contributed by atoms with Gasteiger partial charge in [-0.2, -0.15) is 13.2 Å². The van der Waals surface area contributed by atoms with Crippen LogP contribution < -0.4 is 5.73 Å². The van der Waals surface area contributed by atoms with Crippen LogP contribution in [-0.2, 0) is 22.1 Å². The number of nitrogen functional groups attached to an aromatic ring is 1. The van der Waals surface area contributed by atoms with E-state index in [-0.39, 0.29) is 59.0 Å². The van der Waals surface area contributed by atoms with Crippen LogP contribution in [0.25, 0.3) is 28.3 Å². The summed E-state index contributed by atoms with van der Waals surface area (Å²) >= 11 is 0. The average Bonchev–Trinajstić information content (AvgIpc) is 3.55. The lowest BCUT2D eigenvalue weighted by Gasteiger charge is -2.32. The number of rotatable bonds is 7. The van der Waals surface area contributed by atoms with Crippen molar-refractivity contribution in [1.29, 1.82) is 0 Å². The Morgan fingerprint density at radius 1 is 1.02 bits per heavy atom. The zero-order valence-electron chi connectivity index (χ0n) is 22.4. The Balaban J connectivity index is 1.19. The molecule has 2 aliphatic rings. The molecule has 2 fully saturated rings. The van der Waals surface area contributed by atoms with Gasteiger partial charge in [0, 0.05) is 49.3 Å². The number of pyridine rings is 2. The summed E-state index contributed by atoms with van der Waals surface area (Å²) in [5.41, 5.74) is 5.92. The summed E-state index contributed by atoms with van der Waals surface area (Å²) in [4.78, 5) is 35.4. The highest BCUT2D eigenvalue weighted by Crippen LogP contribution is 2.39. The minimum atomic E-state index is -4.68. The van der Waals surface area contributed by atoms with Gasteiger partial charge in [-0.25, -0.2) is 4.98 Å². The number of fused-ring (bicyclic) bond motifs is 3. The summed E-state index contributed by atoms with van der Waals surface area (Å²) in [6.45, 7) is 1.04. The number of morpholine rings is 1. The Bertz CT molecular complexity index is 1650. The van der Waals surface area contributed by atoms with E-state index in [4.69, 9.17) is 14.9 Å². The number of aromatic nitrogens is 2. The smallest absolute Gasteiger partial charge is 0.420 e. The number of carbonyl (C=O) groups is 2. The number of ketones is 1. The third-order valence-electron chi connectivity index (χ3n) is 7.50. The zero-order valence-corrected chi connectivity index (χ0v) is 22.4. The van der Waals surface area contributed by atoms with E-state index in [1.54, 1.807) is 41.3 Å². The van der Waals surface area contributed by atoms with Gasteiger partial charge in [0.1, 0.15) is 17.2 Å². The van der Waals surface area contributed by atoms with Gasteiger partial charge >= 0.3 is 6.18 Å². The molecule has 3 aromatic heterocycles. The van der Waals surface area contributed by atoms with Crippen molar-refractivity contribution in [3.8, 4) is 11.3 Å². The van der Waals surface area contributed by atoms with E-state index >= 15 is 0 Å². The first-order valence-electron chi connectivity index (χ1n) is 13.6. The Hall–Kier alpha value is -4.51. The predicted octanol–water partition coefficient (Wildman–Crippen LogP) is 5.71. The number of nitrogens with two attached hydrogens (primary N) is 1. The fourth-order valence-corrected chi connectivity index (χ4v) is 5.38. The molecule has 2 saturated heterocycles. The van der Waals surface area contributed by atoms with Crippen LogP contribution >= 0.6 is 0 Å². The number of halogens is 3. The summed E-state index contributed by atoms with van der Waals surface area (Å²) in [5, 5.41) is 0.247. The van der Waals surface area contributed by atoms with E-state index < -0.39 is 11.7 Å². The third-order valence-corrected chi connectivity index (χ3v) is 7.50. The highest BCUT2D eigenvalue weighted by Gasteiger charge is 2.37. The fourth-order valence-electron chi connectivity index (χ4n) is 5.38. The molecule has 0 radical (unpaired) electrons. The van der Waals surface area contributed by atoms with Crippen molar-refractivity contribution in [3.05, 3.63) is 83.4 Å². The van der Waals surface area contributed by atoms with Crippen molar-refractivity contribution >= 4 is 34.6 Å². The molecule has 42 heavy (non-hydrogen) atoms. The van der Waals surface area contributed by atoms with Crippen LogP contribution in [0.15, 0.2) is 65.4 Å². The van der Waals surface area contributed by atoms with Gasteiger partial charge in [0.2, 0.25) is 0 Å². The molecule has 0 saturated carbocycles. The lowest BCUT2D eigenvalue weighted by molar-refractivity contribution is -0.136. The number of ether oxygens (including phenoxy) is 1. The maximum Gasteiger partial charge on any atom is 0.420 e. The molecule has 2 aliphatic heterocycles. The number of benzene rings is 1. The molecule has 1 amide bonds. The van der Waals surface area contributed by atoms with Crippen molar-refractivity contribution in [1.82, 2.24) is 14.9 Å². The number of hydrogen-bond acceptors (Lipinski definition) is 7. The van der Waals surface area contributed by atoms with E-state index in [0.717, 1.165) is 18.9 Å². The van der Waals surface area contributed by atoms with E-state index in [9.17, 15) is 22.8 Å². The number of allylic oxidation sites excluding steroid dienone is 1. The van der Waals surface area contributed by atoms with Crippen molar-refractivity contribution in [2.45, 2.75) is 44.1 Å². The van der Waals surface area contributed by atoms with Gasteiger partial charge in [0.15, 0.2) is 5.78 Å². The number of furan rings is 1. The number of nitrogens with zero attached hydrogens (tertiary/aromatic N) is 3. The summed E-state index contributed by atoms with van der Waals surface area (Å²) in [6.07, 6.45) is 3.37. The van der Waals surface area contributed by atoms with Crippen LogP contribution in [0.3, 0.4) is 0 Å². The first-order valence-corrected chi connectivity index (χ1v) is 13.6. The van der Waals surface area contributed by atoms with Crippen molar-refractivity contribution in [2.24, 2.45) is 0 Å². The lowest BCUT2D eigenvalue weighted by Crippen LogP contribution is -2.45. The Labute approximate surface area is 239 Å². The summed E-state index contributed by atoms with van der Waals surface area (Å²) in [5.74, 6) is 0.238. The van der Waals surface area contributed by atoms with E-state index in [2.05, 4.69) is 9.97 Å². The van der Waals surface area contributed by atoms with Crippen LogP contribution in [0.5, 0.6) is 0 Å². The fraction of sp³-hybridized carbons (Fsp3) is 0.290. The van der Waals surface area contributed by atoms with Crippen molar-refractivity contribution in [3.63, 3.8) is 0 Å². The topological polar surface area (TPSA) is 112 Å². The molecule has 2 atom stereocenters. The molecule has 216 valence electrons. The molecular weight excluding hydrogens is 549 g/mol. The Morgan fingerprint density at radius 3 is 2.48 bits per heavy atom. The summed E-state index contributed by atoms with van der Waals surface area (Å²) < 4.78 is 53.5. The molecule has 11 heteroatoms. The SMILES string of the molecule is Nc1ccc(/C=C/C(=O)CCc2cc3cc(-c4ccc(C(=O)N5CC6CCC(C5)O6)cn4)cc(C(F)(F)F)c3o2)cn1. The first-order chi connectivity index (χ1) is 20.1. The van der Waals surface area contributed by atoms with Crippen LogP contribution in [0.4, 0.5) is 19.0 Å². The molecule has 0 spiro atoms. The molecule has 2 N–H and O–H groups in total. The Kier molecular flexibility index (Phi) is 7.28. The van der Waals surface area contributed by atoms with Crippen molar-refractivity contribution in [2.75, 3.05) is 18.8 Å². The first kappa shape index (κ1) is 27.6. The van der Waals surface area contributed by atoms with Gasteiger partial charge in [-0.3, -0.25) is 14.6 Å². The van der Waals surface area contributed by atoms with Gasteiger partial charge in [-0.1, -0.05) is 0 Å². The average molecular weight is 577 g/mol. The second-order valence-electron chi connectivity index (χ2n) is 10.6. The number of likely N-dealkylation sites (tertiary alicyclic amines) is 1. The van der Waals surface area contributed by atoms with Gasteiger partial charge in [0.05, 0.1) is 29.0 Å². The minimum Gasteiger partial charge on any atom is -0.460 e. The molecule has 0 aliphatic carbocycles. The summed E-state index contributed by atoms with van der Waals surface area (Å²) in [6, 6.07) is 10.5. The molecule has 4 aromatic rings. The summed E-state index contributed by atoms with van der Waals surface area (Å²) in [7, 11) is 0. The number of alkyl halides is 3. The number of anilines is 1. The number of carbonyl (C=O) groups excluding carboxylic acids is 2. The molecule has 8 nitrogen and oxygen atoms in total. The predicted molar refractivity (Wildman–Crippen MR) is 149 cm³/mol. The monoisotopic (exact) mass is 576 g/mol. The molecule has 2 bridgehead atoms. The standard InChI is InChI=1S/C31H27F3N4O4/c32-31(33,34)26-13-20(27-9-3-19(15-36-27)30(40)38-16-24-7-8-25(17-38)41-24)11-21-12-23(42-29(21)26)6-5-22(39)4-1-18-2-10-28(35)37-14-18/h1-4,9-15,24-25H,5-8,16-17H2,(H2,35,37)/b4-1+. The molecule has 2 unspecified atom stereocenters. The molecule has 1 aromatic carbocycles. The molecular formula is C31H27F3N4O4. The van der Waals surface area contributed by atoms with Crippen molar-refractivity contribution < 1.29 is 31.9 Å². The van der Waals surface area contributed by atoms with Crippen LogP contribution in [0, 0.1) is 0 Å². The number of aryl methyl sites for hydroxylation is 1. The van der Waals surface area contributed by atoms with Crippen LogP contribution in [-0.4, -0.2) is 51.9 Å². The highest BCUT2D eigenvalue weighted by molar-refractivity contribution is 5.95. The molecule has 5 heterocycles. The Morgan fingerprint density at radius 2 is 1.81 bits per heavy atom. The molecule has 6 rings (SSSR count). The van der Waals surface area contributed by atoms with Crippen LogP contribution in [0.2, 0.25) is 0 Å². The van der Waals surface area contributed by atoms with Gasteiger partial charge < -0.3 is 19.8 Å². The largest absolute Gasteiger partial charge is 0.460 e. The van der Waals surface area contributed by atoms with Crippen LogP contribution in [0.1, 0.15) is 46.5 Å². The van der Waals surface area contributed by atoms with E-state index in [1.165, 1.54) is 24.5 Å².